The molecule has 0 radical (unpaired) electrons. The highest BCUT2D eigenvalue weighted by atomic mass is 35.5. The van der Waals surface area contributed by atoms with Crippen LogP contribution >= 0.6 is 11.6 Å². The predicted octanol–water partition coefficient (Wildman–Crippen LogP) is 3.47. The summed E-state index contributed by atoms with van der Waals surface area (Å²) in [5.74, 6) is 0.213. The molecule has 0 aliphatic carbocycles. The monoisotopic (exact) mass is 477 g/mol. The quantitative estimate of drug-likeness (QED) is 0.411. The third kappa shape index (κ3) is 6.66. The van der Waals surface area contributed by atoms with Gasteiger partial charge in [0.25, 0.3) is 0 Å². The number of alkyl halides is 1. The van der Waals surface area contributed by atoms with Gasteiger partial charge >= 0.3 is 0 Å². The Morgan fingerprint density at radius 1 is 1.03 bits per heavy atom. The lowest BCUT2D eigenvalue weighted by molar-refractivity contribution is 0.0888. The Morgan fingerprint density at radius 3 is 2.30 bits per heavy atom. The zero-order chi connectivity index (χ0) is 24.0. The molecule has 0 amide bonds. The molecule has 0 saturated heterocycles. The lowest BCUT2D eigenvalue weighted by Gasteiger charge is -2.27. The third-order valence-electron chi connectivity index (χ3n) is 5.33. The summed E-state index contributed by atoms with van der Waals surface area (Å²) in [5, 5.41) is 27.5. The number of hydrogen-bond acceptors (Lipinski definition) is 6. The molecule has 178 valence electrons. The zero-order valence-corrected chi connectivity index (χ0v) is 19.7. The number of halogens is 2. The van der Waals surface area contributed by atoms with Crippen molar-refractivity contribution in [2.75, 3.05) is 19.1 Å². The zero-order valence-electron chi connectivity index (χ0n) is 18.9. The van der Waals surface area contributed by atoms with Crippen LogP contribution in [-0.2, 0) is 12.0 Å². The Morgan fingerprint density at radius 2 is 1.70 bits per heavy atom. The number of aliphatic hydroxyl groups excluding tert-OH is 2. The fourth-order valence-corrected chi connectivity index (χ4v) is 3.41. The predicted molar refractivity (Wildman–Crippen MR) is 123 cm³/mol. The number of benzene rings is 2. The van der Waals surface area contributed by atoms with Gasteiger partial charge in [-0.1, -0.05) is 37.3 Å². The van der Waals surface area contributed by atoms with E-state index in [0.717, 1.165) is 16.8 Å². The van der Waals surface area contributed by atoms with E-state index < -0.39 is 23.4 Å². The number of hydrogen-bond donors (Lipinski definition) is 2. The van der Waals surface area contributed by atoms with Crippen molar-refractivity contribution in [1.29, 1.82) is 0 Å². The summed E-state index contributed by atoms with van der Waals surface area (Å²) >= 11 is 5.54. The lowest BCUT2D eigenvalue weighted by Crippen LogP contribution is -2.24. The van der Waals surface area contributed by atoms with Crippen LogP contribution in [0.15, 0.2) is 48.7 Å². The average molecular weight is 478 g/mol. The first-order valence-electron chi connectivity index (χ1n) is 10.6. The smallest absolute Gasteiger partial charge is 0.165 e. The van der Waals surface area contributed by atoms with Crippen LogP contribution in [0, 0.1) is 12.7 Å². The van der Waals surface area contributed by atoms with Crippen LogP contribution in [0.2, 0.25) is 0 Å². The van der Waals surface area contributed by atoms with Crippen molar-refractivity contribution in [2.24, 2.45) is 0 Å². The van der Waals surface area contributed by atoms with Crippen LogP contribution in [0.3, 0.4) is 0 Å². The Hall–Kier alpha value is -2.68. The van der Waals surface area contributed by atoms with Crippen molar-refractivity contribution in [3.05, 3.63) is 71.3 Å². The van der Waals surface area contributed by atoms with Crippen molar-refractivity contribution >= 4 is 11.6 Å². The molecule has 0 aliphatic heterocycles. The fourth-order valence-electron chi connectivity index (χ4n) is 3.32. The van der Waals surface area contributed by atoms with E-state index >= 15 is 0 Å². The number of rotatable bonds is 11. The van der Waals surface area contributed by atoms with E-state index in [1.165, 1.54) is 6.07 Å². The molecular formula is C24H29ClFN3O4. The average Bonchev–Trinajstić information content (AvgIpc) is 3.21. The van der Waals surface area contributed by atoms with E-state index in [4.69, 9.17) is 21.1 Å². The second-order valence-corrected chi connectivity index (χ2v) is 8.77. The maximum Gasteiger partial charge on any atom is 0.165 e. The van der Waals surface area contributed by atoms with Gasteiger partial charge in [0, 0.05) is 11.6 Å². The molecule has 2 atom stereocenters. The van der Waals surface area contributed by atoms with Crippen molar-refractivity contribution in [2.45, 2.75) is 44.9 Å². The lowest BCUT2D eigenvalue weighted by atomic mass is 9.78. The largest absolute Gasteiger partial charge is 0.491 e. The second-order valence-electron chi connectivity index (χ2n) is 8.46. The molecule has 0 fully saturated rings. The van der Waals surface area contributed by atoms with Crippen molar-refractivity contribution in [3.8, 4) is 11.5 Å². The minimum Gasteiger partial charge on any atom is -0.491 e. The van der Waals surface area contributed by atoms with Gasteiger partial charge in [0.05, 0.1) is 18.1 Å². The van der Waals surface area contributed by atoms with Gasteiger partial charge in [-0.3, -0.25) is 0 Å². The molecule has 3 rings (SSSR count). The van der Waals surface area contributed by atoms with Gasteiger partial charge in [0.1, 0.15) is 31.2 Å². The number of aliphatic hydroxyl groups is 2. The summed E-state index contributed by atoms with van der Waals surface area (Å²) in [6, 6.07) is 12.3. The maximum absolute atomic E-state index is 14.6. The molecule has 0 unspecified atom stereocenters. The van der Waals surface area contributed by atoms with Crippen LogP contribution in [0.25, 0.3) is 0 Å². The van der Waals surface area contributed by atoms with Crippen LogP contribution < -0.4 is 9.47 Å². The molecule has 2 N–H and O–H groups in total. The van der Waals surface area contributed by atoms with Gasteiger partial charge < -0.3 is 19.7 Å². The van der Waals surface area contributed by atoms with E-state index in [9.17, 15) is 14.6 Å². The number of ether oxygens (including phenoxy) is 2. The third-order valence-corrected chi connectivity index (χ3v) is 5.69. The summed E-state index contributed by atoms with van der Waals surface area (Å²) in [6.07, 6.45) is 0.178. The Balaban J connectivity index is 1.61. The molecule has 0 saturated carbocycles. The van der Waals surface area contributed by atoms with E-state index in [1.807, 2.05) is 45.0 Å². The van der Waals surface area contributed by atoms with Crippen LogP contribution in [-0.4, -0.2) is 56.5 Å². The Bertz CT molecular complexity index is 1040. The Kier molecular flexibility index (Phi) is 8.29. The van der Waals surface area contributed by atoms with Gasteiger partial charge in [0.15, 0.2) is 11.6 Å². The molecule has 3 aromatic rings. The Labute approximate surface area is 197 Å². The summed E-state index contributed by atoms with van der Waals surface area (Å²) in [5.41, 5.74) is 2.06. The van der Waals surface area contributed by atoms with Crippen LogP contribution in [0.1, 0.15) is 30.7 Å². The first-order chi connectivity index (χ1) is 15.7. The normalized spacial score (nSPS) is 13.5. The maximum atomic E-state index is 14.6. The number of aromatic nitrogens is 3. The molecule has 2 aromatic carbocycles. The van der Waals surface area contributed by atoms with E-state index in [0.29, 0.717) is 12.3 Å². The van der Waals surface area contributed by atoms with Gasteiger partial charge in [-0.15, -0.1) is 16.7 Å². The number of nitrogens with zero attached hydrogens (tertiary/aromatic N) is 3. The molecule has 1 heterocycles. The fraction of sp³-hybridized carbons (Fsp3) is 0.417. The molecule has 33 heavy (non-hydrogen) atoms. The molecule has 9 heteroatoms. The van der Waals surface area contributed by atoms with Crippen molar-refractivity contribution in [3.63, 3.8) is 0 Å². The molecular weight excluding hydrogens is 449 g/mol. The van der Waals surface area contributed by atoms with Crippen molar-refractivity contribution < 1.29 is 24.1 Å². The standard InChI is InChI=1S/C24H29ClFN3O4/c1-16-12-29(28-27-16)13-20(31)15-32-21-7-4-17(5-8-21)24(2,3)18-6-9-23(22(26)10-18)33-14-19(30)11-25/h4-10,12,19-20,30-31H,11,13-15H2,1-3H3/t19-,20-/m0/s1. The second kappa shape index (κ2) is 11.0. The summed E-state index contributed by atoms with van der Waals surface area (Å²) in [7, 11) is 0. The highest BCUT2D eigenvalue weighted by molar-refractivity contribution is 6.18. The summed E-state index contributed by atoms with van der Waals surface area (Å²) in [4.78, 5) is 0. The summed E-state index contributed by atoms with van der Waals surface area (Å²) in [6.45, 7) is 6.17. The summed E-state index contributed by atoms with van der Waals surface area (Å²) < 4.78 is 27.1. The van der Waals surface area contributed by atoms with Gasteiger partial charge in [-0.2, -0.15) is 0 Å². The first-order valence-corrected chi connectivity index (χ1v) is 11.2. The molecule has 0 spiro atoms. The molecule has 1 aromatic heterocycles. The van der Waals surface area contributed by atoms with Crippen LogP contribution in [0.5, 0.6) is 11.5 Å². The van der Waals surface area contributed by atoms with Gasteiger partial charge in [0.2, 0.25) is 0 Å². The minimum atomic E-state index is -0.851. The molecule has 0 bridgehead atoms. The molecule has 0 aliphatic rings. The SMILES string of the molecule is Cc1cn(C[C@H](O)COc2ccc(C(C)(C)c3ccc(OC[C@@H](O)CCl)c(F)c3)cc2)nn1. The first kappa shape index (κ1) is 25.0. The van der Waals surface area contributed by atoms with Gasteiger partial charge in [-0.05, 0) is 42.3 Å². The van der Waals surface area contributed by atoms with Crippen LogP contribution in [0.4, 0.5) is 4.39 Å². The number of aryl methyl sites for hydroxylation is 1. The topological polar surface area (TPSA) is 89.6 Å². The minimum absolute atomic E-state index is 0.0208. The van der Waals surface area contributed by atoms with E-state index in [1.54, 1.807) is 23.0 Å². The van der Waals surface area contributed by atoms with E-state index in [-0.39, 0.29) is 24.8 Å². The highest BCUT2D eigenvalue weighted by Gasteiger charge is 2.24. The van der Waals surface area contributed by atoms with E-state index in [2.05, 4.69) is 10.3 Å². The van der Waals surface area contributed by atoms with Crippen molar-refractivity contribution in [1.82, 2.24) is 15.0 Å². The highest BCUT2D eigenvalue weighted by Crippen LogP contribution is 2.34. The van der Waals surface area contributed by atoms with Gasteiger partial charge in [-0.25, -0.2) is 9.07 Å². The molecule has 7 nitrogen and oxygen atoms in total.